The maximum Gasteiger partial charge on any atom is 0.410 e. The Balaban J connectivity index is 0.906. The van der Waals surface area contributed by atoms with Crippen LogP contribution in [0.1, 0.15) is 59.3 Å². The number of alkyl halides is 2. The van der Waals surface area contributed by atoms with Crippen molar-refractivity contribution in [1.29, 1.82) is 0 Å². The summed E-state index contributed by atoms with van der Waals surface area (Å²) < 4.78 is 62.8. The molecule has 8 heterocycles. The van der Waals surface area contributed by atoms with E-state index in [9.17, 15) is 13.6 Å². The van der Waals surface area contributed by atoms with Gasteiger partial charge in [0.15, 0.2) is 5.60 Å². The van der Waals surface area contributed by atoms with Gasteiger partial charge < -0.3 is 28.9 Å². The van der Waals surface area contributed by atoms with Crippen LogP contribution in [0.4, 0.5) is 29.5 Å². The number of amides is 1. The number of nitrogens with zero attached hydrogens (tertiary/aromatic N) is 6. The molecule has 0 bridgehead atoms. The molecule has 4 saturated heterocycles. The molecule has 10 nitrogen and oxygen atoms in total. The predicted molar refractivity (Wildman–Crippen MR) is 183 cm³/mol. The van der Waals surface area contributed by atoms with Crippen molar-refractivity contribution in [3.63, 3.8) is 0 Å². The number of carbonyl (C=O) groups is 1. The standard InChI is InChI=1S/C38H41F3N6O4/c1-24-7-10-42-34-32(24)37(51-38(34)22-49-23-38)8-11-45(12-9-37)31-19-28-27(33(43-31)35(40)41)17-26(39)18-29-30(20-47(28)29)44-13-15-46(16-14-44)36(48)50-21-25-5-3-2-4-6-25/h2-7,10,17,19,29-30,35H,8-9,11-16,18,20-23H2,1H3/t29-,30+/m0/s1. The van der Waals surface area contributed by atoms with Gasteiger partial charge in [-0.3, -0.25) is 9.88 Å². The highest BCUT2D eigenvalue weighted by Crippen LogP contribution is 2.55. The molecule has 6 aliphatic rings. The monoisotopic (exact) mass is 702 g/mol. The zero-order valence-corrected chi connectivity index (χ0v) is 28.6. The molecule has 0 N–H and O–H groups in total. The van der Waals surface area contributed by atoms with Gasteiger partial charge in [-0.05, 0) is 43.0 Å². The van der Waals surface area contributed by atoms with Gasteiger partial charge >= 0.3 is 6.09 Å². The van der Waals surface area contributed by atoms with Crippen LogP contribution in [-0.4, -0.2) is 97.0 Å². The van der Waals surface area contributed by atoms with Crippen LogP contribution in [0.2, 0.25) is 0 Å². The van der Waals surface area contributed by atoms with Gasteiger partial charge in [-0.2, -0.15) is 0 Å². The number of piperazine rings is 1. The Morgan fingerprint density at radius 3 is 2.49 bits per heavy atom. The van der Waals surface area contributed by atoms with Gasteiger partial charge in [-0.15, -0.1) is 0 Å². The maximum absolute atomic E-state index is 15.5. The fraction of sp³-hybridized carbons (Fsp3) is 0.500. The molecule has 13 heteroatoms. The molecule has 6 aliphatic heterocycles. The lowest BCUT2D eigenvalue weighted by Crippen LogP contribution is -2.69. The molecule has 1 aromatic carbocycles. The fourth-order valence-corrected chi connectivity index (χ4v) is 9.02. The Morgan fingerprint density at radius 1 is 1.02 bits per heavy atom. The molecule has 1 amide bonds. The van der Waals surface area contributed by atoms with Crippen LogP contribution in [0.3, 0.4) is 0 Å². The first kappa shape index (κ1) is 32.7. The smallest absolute Gasteiger partial charge is 0.410 e. The molecule has 0 aliphatic carbocycles. The van der Waals surface area contributed by atoms with Gasteiger partial charge in [0.05, 0.1) is 30.6 Å². The summed E-state index contributed by atoms with van der Waals surface area (Å²) in [5.74, 6) is 0.0464. The summed E-state index contributed by atoms with van der Waals surface area (Å²) in [6.45, 7) is 7.22. The van der Waals surface area contributed by atoms with E-state index in [1.54, 1.807) is 4.90 Å². The van der Waals surface area contributed by atoms with Crippen molar-refractivity contribution in [1.82, 2.24) is 19.8 Å². The molecule has 2 atom stereocenters. The largest absolute Gasteiger partial charge is 0.445 e. The van der Waals surface area contributed by atoms with Gasteiger partial charge in [0.1, 0.15) is 29.5 Å². The van der Waals surface area contributed by atoms with Crippen molar-refractivity contribution < 1.29 is 32.2 Å². The Bertz CT molecular complexity index is 1860. The van der Waals surface area contributed by atoms with Gasteiger partial charge in [-0.25, -0.2) is 22.9 Å². The topological polar surface area (TPSA) is 83.5 Å². The fourth-order valence-electron chi connectivity index (χ4n) is 9.02. The lowest BCUT2D eigenvalue weighted by molar-refractivity contribution is -0.260. The number of anilines is 2. The number of carbonyl (C=O) groups excluding carboxylic acids is 1. The van der Waals surface area contributed by atoms with Gasteiger partial charge in [0.25, 0.3) is 6.43 Å². The van der Waals surface area contributed by atoms with Gasteiger partial charge in [0, 0.05) is 81.7 Å². The number of benzene rings is 1. The van der Waals surface area contributed by atoms with Crippen LogP contribution in [0.25, 0.3) is 6.08 Å². The highest BCUT2D eigenvalue weighted by Gasteiger charge is 2.59. The average molecular weight is 703 g/mol. The van der Waals surface area contributed by atoms with E-state index in [2.05, 4.69) is 26.6 Å². The minimum atomic E-state index is -2.86. The molecule has 51 heavy (non-hydrogen) atoms. The van der Waals surface area contributed by atoms with E-state index in [4.69, 9.17) is 19.2 Å². The number of hydrogen-bond donors (Lipinski definition) is 0. The molecule has 9 rings (SSSR count). The highest BCUT2D eigenvalue weighted by molar-refractivity contribution is 5.77. The molecule has 4 fully saturated rings. The summed E-state index contributed by atoms with van der Waals surface area (Å²) >= 11 is 0. The quantitative estimate of drug-likeness (QED) is 0.333. The minimum Gasteiger partial charge on any atom is -0.445 e. The number of halogens is 3. The van der Waals surface area contributed by atoms with E-state index in [0.29, 0.717) is 83.4 Å². The van der Waals surface area contributed by atoms with Crippen LogP contribution in [0.5, 0.6) is 0 Å². The molecule has 268 valence electrons. The van der Waals surface area contributed by atoms with E-state index in [1.165, 1.54) is 6.08 Å². The van der Waals surface area contributed by atoms with Crippen molar-refractivity contribution in [3.8, 4) is 0 Å². The van der Waals surface area contributed by atoms with Crippen molar-refractivity contribution in [3.05, 3.63) is 88.1 Å². The highest BCUT2D eigenvalue weighted by atomic mass is 19.3. The van der Waals surface area contributed by atoms with Crippen LogP contribution in [0, 0.1) is 6.92 Å². The van der Waals surface area contributed by atoms with Gasteiger partial charge in [-0.1, -0.05) is 30.3 Å². The van der Waals surface area contributed by atoms with Crippen molar-refractivity contribution in [2.75, 3.05) is 68.8 Å². The molecular weight excluding hydrogens is 661 g/mol. The third kappa shape index (κ3) is 5.46. The van der Waals surface area contributed by atoms with Crippen LogP contribution in [0.15, 0.2) is 54.5 Å². The Hall–Kier alpha value is -4.20. The second kappa shape index (κ2) is 12.5. The van der Waals surface area contributed by atoms with Crippen LogP contribution >= 0.6 is 0 Å². The number of hydrogen-bond acceptors (Lipinski definition) is 9. The molecular formula is C38H41F3N6O4. The van der Waals surface area contributed by atoms with Crippen molar-refractivity contribution >= 4 is 23.7 Å². The Morgan fingerprint density at radius 2 is 1.78 bits per heavy atom. The lowest BCUT2D eigenvalue weighted by atomic mass is 9.81. The summed E-state index contributed by atoms with van der Waals surface area (Å²) in [4.78, 5) is 30.1. The van der Waals surface area contributed by atoms with E-state index in [-0.39, 0.29) is 36.8 Å². The van der Waals surface area contributed by atoms with Crippen molar-refractivity contribution in [2.24, 2.45) is 0 Å². The number of fused-ring (bicyclic) bond motifs is 6. The first-order valence-corrected chi connectivity index (χ1v) is 17.9. The zero-order valence-electron chi connectivity index (χ0n) is 28.6. The maximum atomic E-state index is 15.5. The Kier molecular flexibility index (Phi) is 8.00. The summed E-state index contributed by atoms with van der Waals surface area (Å²) in [5, 5.41) is 0. The number of aryl methyl sites for hydroxylation is 1. The van der Waals surface area contributed by atoms with E-state index in [0.717, 1.165) is 22.4 Å². The molecule has 2 aromatic heterocycles. The van der Waals surface area contributed by atoms with E-state index in [1.807, 2.05) is 48.7 Å². The normalized spacial score (nSPS) is 24.7. The number of aromatic nitrogens is 2. The molecule has 2 spiro atoms. The third-order valence-corrected chi connectivity index (χ3v) is 11.8. The third-order valence-electron chi connectivity index (χ3n) is 11.8. The lowest BCUT2D eigenvalue weighted by Gasteiger charge is -2.55. The molecule has 0 unspecified atom stereocenters. The molecule has 0 saturated carbocycles. The van der Waals surface area contributed by atoms with Crippen LogP contribution < -0.4 is 9.80 Å². The average Bonchev–Trinajstić information content (AvgIpc) is 3.36. The number of pyridine rings is 2. The Labute approximate surface area is 294 Å². The first-order valence-electron chi connectivity index (χ1n) is 17.9. The number of piperidine rings is 1. The van der Waals surface area contributed by atoms with E-state index >= 15 is 4.39 Å². The zero-order chi connectivity index (χ0) is 34.9. The molecule has 0 radical (unpaired) electrons. The van der Waals surface area contributed by atoms with Gasteiger partial charge in [0.2, 0.25) is 0 Å². The number of rotatable bonds is 5. The summed E-state index contributed by atoms with van der Waals surface area (Å²) in [6.07, 6.45) is 1.32. The second-order valence-electron chi connectivity index (χ2n) is 14.7. The minimum absolute atomic E-state index is 0.0262. The summed E-state index contributed by atoms with van der Waals surface area (Å²) in [7, 11) is 0. The van der Waals surface area contributed by atoms with Crippen LogP contribution in [-0.2, 0) is 32.0 Å². The van der Waals surface area contributed by atoms with Crippen molar-refractivity contribution in [2.45, 2.75) is 62.5 Å². The number of ether oxygens (including phenoxy) is 3. The first-order chi connectivity index (χ1) is 24.7. The predicted octanol–water partition coefficient (Wildman–Crippen LogP) is 5.70. The second-order valence-corrected chi connectivity index (χ2v) is 14.7. The summed E-state index contributed by atoms with van der Waals surface area (Å²) in [5.41, 5.74) is 3.49. The van der Waals surface area contributed by atoms with E-state index < -0.39 is 29.1 Å². The summed E-state index contributed by atoms with van der Waals surface area (Å²) in [6, 6.07) is 13.3. The SMILES string of the molecule is Cc1ccnc2c1C1(CCN(c3cc4c(c(C(F)F)n3)C=C(F)C[C@H]3[C@H](N5CCN(C(=O)OCc6ccccc6)CC5)CN43)CC1)OC21COC1. The molecule has 3 aromatic rings.